The lowest BCUT2D eigenvalue weighted by Crippen LogP contribution is -2.46. The van der Waals surface area contributed by atoms with E-state index in [9.17, 15) is 30.8 Å². The third-order valence-corrected chi connectivity index (χ3v) is 9.56. The summed E-state index contributed by atoms with van der Waals surface area (Å²) in [5.41, 5.74) is -0.0287. The number of sulfonamides is 1. The number of anilines is 1. The van der Waals surface area contributed by atoms with Crippen LogP contribution in [-0.4, -0.2) is 56.0 Å². The summed E-state index contributed by atoms with van der Waals surface area (Å²) in [5.74, 6) is -4.83. The monoisotopic (exact) mass is 557 g/mol. The lowest BCUT2D eigenvalue weighted by Gasteiger charge is -2.33. The molecule has 2 fully saturated rings. The van der Waals surface area contributed by atoms with Gasteiger partial charge in [0, 0.05) is 31.7 Å². The molecule has 0 spiro atoms. The van der Waals surface area contributed by atoms with Gasteiger partial charge in [0.15, 0.2) is 22.6 Å². The SMILES string of the molecule is O=C(C1CCN(S(=O)(=O)c2ccc(F)c(F)c2)CC1)N(CC1CCCO1)c1nc2c(F)cc(F)cc2s1. The van der Waals surface area contributed by atoms with Crippen LogP contribution >= 0.6 is 11.3 Å². The molecule has 198 valence electrons. The highest BCUT2D eigenvalue weighted by Crippen LogP contribution is 2.34. The van der Waals surface area contributed by atoms with Crippen molar-refractivity contribution in [3.8, 4) is 0 Å². The molecule has 7 nitrogen and oxygen atoms in total. The van der Waals surface area contributed by atoms with Gasteiger partial charge in [0.05, 0.1) is 22.2 Å². The Labute approximate surface area is 214 Å². The molecule has 5 rings (SSSR count). The molecular formula is C24H23F4N3O4S2. The number of rotatable bonds is 6. The first-order chi connectivity index (χ1) is 17.6. The third-order valence-electron chi connectivity index (χ3n) is 6.64. The normalized spacial score (nSPS) is 19.5. The van der Waals surface area contributed by atoms with Crippen LogP contribution in [0.25, 0.3) is 10.2 Å². The number of carbonyl (C=O) groups excluding carboxylic acids is 1. The van der Waals surface area contributed by atoms with Crippen molar-refractivity contribution in [2.45, 2.75) is 36.7 Å². The fraction of sp³-hybridized carbons (Fsp3) is 0.417. The maximum Gasteiger partial charge on any atom is 0.243 e. The van der Waals surface area contributed by atoms with Crippen molar-refractivity contribution in [1.29, 1.82) is 0 Å². The first-order valence-electron chi connectivity index (χ1n) is 11.8. The van der Waals surface area contributed by atoms with Crippen molar-refractivity contribution in [2.75, 3.05) is 31.1 Å². The van der Waals surface area contributed by atoms with Gasteiger partial charge in [0.1, 0.15) is 11.3 Å². The standard InChI is InChI=1S/C24H23F4N3O4S2/c25-15-10-20(28)22-21(11-15)36-24(29-22)31(13-16-2-1-9-35-16)23(32)14-5-7-30(8-6-14)37(33,34)17-3-4-18(26)19(27)12-17/h3-4,10-12,14,16H,1-2,5-9,13H2. The third kappa shape index (κ3) is 5.22. The summed E-state index contributed by atoms with van der Waals surface area (Å²) in [4.78, 5) is 19.0. The quantitative estimate of drug-likeness (QED) is 0.418. The van der Waals surface area contributed by atoms with Crippen LogP contribution in [0.15, 0.2) is 35.2 Å². The maximum atomic E-state index is 14.3. The summed E-state index contributed by atoms with van der Waals surface area (Å²) in [7, 11) is -4.07. The highest BCUT2D eigenvalue weighted by molar-refractivity contribution is 7.89. The number of ether oxygens (including phenoxy) is 1. The zero-order valence-electron chi connectivity index (χ0n) is 19.5. The summed E-state index contributed by atoms with van der Waals surface area (Å²) in [6.07, 6.45) is 1.73. The Hall–Kier alpha value is -2.61. The van der Waals surface area contributed by atoms with Crippen LogP contribution < -0.4 is 4.90 Å². The number of carbonyl (C=O) groups is 1. The Morgan fingerprint density at radius 2 is 1.81 bits per heavy atom. The van der Waals surface area contributed by atoms with Crippen molar-refractivity contribution in [3.63, 3.8) is 0 Å². The van der Waals surface area contributed by atoms with Crippen molar-refractivity contribution in [2.24, 2.45) is 5.92 Å². The molecule has 3 aromatic rings. The molecule has 0 bridgehead atoms. The minimum Gasteiger partial charge on any atom is -0.376 e. The van der Waals surface area contributed by atoms with Gasteiger partial charge in [-0.25, -0.2) is 31.0 Å². The fourth-order valence-electron chi connectivity index (χ4n) is 4.67. The predicted molar refractivity (Wildman–Crippen MR) is 129 cm³/mol. The Balaban J connectivity index is 1.35. The van der Waals surface area contributed by atoms with Crippen LogP contribution in [0.4, 0.5) is 22.7 Å². The number of fused-ring (bicyclic) bond motifs is 1. The van der Waals surface area contributed by atoms with Gasteiger partial charge in [-0.1, -0.05) is 11.3 Å². The highest BCUT2D eigenvalue weighted by Gasteiger charge is 2.36. The van der Waals surface area contributed by atoms with Crippen LogP contribution in [0.3, 0.4) is 0 Å². The van der Waals surface area contributed by atoms with Crippen molar-refractivity contribution in [3.05, 3.63) is 53.6 Å². The van der Waals surface area contributed by atoms with Gasteiger partial charge in [-0.2, -0.15) is 4.31 Å². The van der Waals surface area contributed by atoms with Crippen molar-refractivity contribution < 1.29 is 35.5 Å². The van der Waals surface area contributed by atoms with E-state index in [1.807, 2.05) is 0 Å². The average molecular weight is 558 g/mol. The van der Waals surface area contributed by atoms with Gasteiger partial charge < -0.3 is 4.74 Å². The highest BCUT2D eigenvalue weighted by atomic mass is 32.2. The average Bonchev–Trinajstić information content (AvgIpc) is 3.54. The number of halogens is 4. The molecule has 0 saturated carbocycles. The van der Waals surface area contributed by atoms with E-state index in [1.54, 1.807) is 0 Å². The Bertz CT molecular complexity index is 1440. The van der Waals surface area contributed by atoms with Gasteiger partial charge in [-0.05, 0) is 49.9 Å². The molecule has 0 radical (unpaired) electrons. The molecule has 13 heteroatoms. The van der Waals surface area contributed by atoms with Crippen LogP contribution in [0.1, 0.15) is 25.7 Å². The van der Waals surface area contributed by atoms with Gasteiger partial charge in [-0.3, -0.25) is 9.69 Å². The first kappa shape index (κ1) is 26.0. The second-order valence-electron chi connectivity index (χ2n) is 9.07. The molecule has 0 N–H and O–H groups in total. The summed E-state index contributed by atoms with van der Waals surface area (Å²) in [6.45, 7) is 0.763. The van der Waals surface area contributed by atoms with Crippen LogP contribution in [0.5, 0.6) is 0 Å². The molecule has 1 aromatic heterocycles. The van der Waals surface area contributed by atoms with E-state index in [1.165, 1.54) is 4.90 Å². The van der Waals surface area contributed by atoms with Crippen LogP contribution in [-0.2, 0) is 19.6 Å². The Kier molecular flexibility index (Phi) is 7.22. The van der Waals surface area contributed by atoms with Crippen molar-refractivity contribution in [1.82, 2.24) is 9.29 Å². The zero-order chi connectivity index (χ0) is 26.3. The molecule has 1 amide bonds. The van der Waals surface area contributed by atoms with E-state index in [4.69, 9.17) is 4.74 Å². The number of aromatic nitrogens is 1. The second-order valence-corrected chi connectivity index (χ2v) is 12.0. The lowest BCUT2D eigenvalue weighted by molar-refractivity contribution is -0.123. The van der Waals surface area contributed by atoms with E-state index >= 15 is 0 Å². The molecule has 37 heavy (non-hydrogen) atoms. The van der Waals surface area contributed by atoms with E-state index < -0.39 is 39.2 Å². The fourth-order valence-corrected chi connectivity index (χ4v) is 7.17. The predicted octanol–water partition coefficient (Wildman–Crippen LogP) is 4.47. The number of thiazole rings is 1. The molecule has 1 unspecified atom stereocenters. The van der Waals surface area contributed by atoms with Gasteiger partial charge in [0.25, 0.3) is 0 Å². The van der Waals surface area contributed by atoms with Gasteiger partial charge in [0.2, 0.25) is 15.9 Å². The largest absolute Gasteiger partial charge is 0.376 e. The molecule has 0 aliphatic carbocycles. The molecule has 2 aliphatic rings. The minimum atomic E-state index is -4.07. The Morgan fingerprint density at radius 1 is 1.05 bits per heavy atom. The minimum absolute atomic E-state index is 0.00515. The molecule has 2 saturated heterocycles. The molecule has 1 atom stereocenters. The number of piperidine rings is 1. The van der Waals surface area contributed by atoms with E-state index in [-0.39, 0.29) is 64.7 Å². The van der Waals surface area contributed by atoms with E-state index in [0.29, 0.717) is 12.7 Å². The number of nitrogens with zero attached hydrogens (tertiary/aromatic N) is 3. The second kappa shape index (κ2) is 10.3. The number of amides is 1. The molecule has 2 aromatic carbocycles. The molecule has 3 heterocycles. The smallest absolute Gasteiger partial charge is 0.243 e. The lowest BCUT2D eigenvalue weighted by atomic mass is 9.96. The zero-order valence-corrected chi connectivity index (χ0v) is 21.1. The van der Waals surface area contributed by atoms with Crippen molar-refractivity contribution >= 4 is 42.6 Å². The van der Waals surface area contributed by atoms with Gasteiger partial charge >= 0.3 is 0 Å². The van der Waals surface area contributed by atoms with Crippen LogP contribution in [0.2, 0.25) is 0 Å². The van der Waals surface area contributed by atoms with E-state index in [2.05, 4.69) is 4.98 Å². The summed E-state index contributed by atoms with van der Waals surface area (Å²) >= 11 is 1.000. The van der Waals surface area contributed by atoms with Gasteiger partial charge in [-0.15, -0.1) is 0 Å². The molecule has 2 aliphatic heterocycles. The summed E-state index contributed by atoms with van der Waals surface area (Å²) in [5, 5.41) is 0.219. The number of hydrogen-bond acceptors (Lipinski definition) is 6. The number of benzene rings is 2. The topological polar surface area (TPSA) is 79.8 Å². The maximum absolute atomic E-state index is 14.3. The summed E-state index contributed by atoms with van der Waals surface area (Å²) < 4.78 is 87.9. The number of hydrogen-bond donors (Lipinski definition) is 0. The van der Waals surface area contributed by atoms with E-state index in [0.717, 1.165) is 52.7 Å². The Morgan fingerprint density at radius 3 is 2.49 bits per heavy atom. The molecular weight excluding hydrogens is 534 g/mol. The van der Waals surface area contributed by atoms with Crippen LogP contribution in [0, 0.1) is 29.2 Å². The first-order valence-corrected chi connectivity index (χ1v) is 14.0. The summed E-state index contributed by atoms with van der Waals surface area (Å²) in [6, 6.07) is 4.30.